The van der Waals surface area contributed by atoms with Crippen LogP contribution in [-0.4, -0.2) is 32.9 Å². The summed E-state index contributed by atoms with van der Waals surface area (Å²) in [6.45, 7) is 0.178. The number of benzene rings is 1. The van der Waals surface area contributed by atoms with E-state index in [1.54, 1.807) is 12.1 Å². The SMILES string of the molecule is CS(=O)(=O)OCc1cc(=O)c(OCCCCCOc2ccc3ccc(C(F)(F)F)cc3n2)co1. The maximum atomic E-state index is 12.9. The second-order valence-corrected chi connectivity index (χ2v) is 9.00. The highest BCUT2D eigenvalue weighted by molar-refractivity contribution is 7.85. The third-order valence-corrected chi connectivity index (χ3v) is 5.10. The number of fused-ring (bicyclic) bond motifs is 1. The second kappa shape index (κ2) is 10.9. The largest absolute Gasteiger partial charge is 0.487 e. The van der Waals surface area contributed by atoms with Gasteiger partial charge in [0.15, 0.2) is 0 Å². The Morgan fingerprint density at radius 3 is 2.38 bits per heavy atom. The Kier molecular flexibility index (Phi) is 8.15. The minimum Gasteiger partial charge on any atom is -0.487 e. The molecule has 2 heterocycles. The van der Waals surface area contributed by atoms with Gasteiger partial charge in [-0.1, -0.05) is 6.07 Å². The number of ether oxygens (including phenoxy) is 2. The second-order valence-electron chi connectivity index (χ2n) is 7.35. The van der Waals surface area contributed by atoms with Crippen LogP contribution in [0, 0.1) is 0 Å². The van der Waals surface area contributed by atoms with E-state index in [0.717, 1.165) is 30.7 Å². The van der Waals surface area contributed by atoms with Gasteiger partial charge >= 0.3 is 6.18 Å². The van der Waals surface area contributed by atoms with Crippen molar-refractivity contribution in [3.63, 3.8) is 0 Å². The standard InChI is InChI=1S/C22H22F3NO7S/c1-34(28,29)33-13-17-12-19(27)20(14-32-17)30-9-3-2-4-10-31-21-8-6-15-5-7-16(22(23,24)25)11-18(15)26-21/h5-8,11-12,14H,2-4,9-10,13H2,1H3. The van der Waals surface area contributed by atoms with Crippen LogP contribution in [0.4, 0.5) is 13.2 Å². The van der Waals surface area contributed by atoms with Gasteiger partial charge in [0.2, 0.25) is 17.1 Å². The first kappa shape index (κ1) is 25.5. The van der Waals surface area contributed by atoms with Gasteiger partial charge in [0.05, 0.1) is 30.5 Å². The summed E-state index contributed by atoms with van der Waals surface area (Å²) in [5, 5.41) is 0.581. The van der Waals surface area contributed by atoms with Crippen molar-refractivity contribution >= 4 is 21.0 Å². The Morgan fingerprint density at radius 2 is 1.71 bits per heavy atom. The summed E-state index contributed by atoms with van der Waals surface area (Å²) in [5.41, 5.74) is -1.03. The summed E-state index contributed by atoms with van der Waals surface area (Å²) in [4.78, 5) is 16.1. The molecule has 3 aromatic rings. The summed E-state index contributed by atoms with van der Waals surface area (Å²) in [6, 6.07) is 7.72. The molecule has 0 atom stereocenters. The number of unbranched alkanes of at least 4 members (excludes halogenated alkanes) is 2. The lowest BCUT2D eigenvalue weighted by Crippen LogP contribution is -2.10. The first-order valence-electron chi connectivity index (χ1n) is 10.2. The molecule has 34 heavy (non-hydrogen) atoms. The number of nitrogens with zero attached hydrogens (tertiary/aromatic N) is 1. The van der Waals surface area contributed by atoms with Crippen LogP contribution in [0.1, 0.15) is 30.6 Å². The molecule has 0 saturated heterocycles. The van der Waals surface area contributed by atoms with E-state index in [1.165, 1.54) is 6.07 Å². The van der Waals surface area contributed by atoms with E-state index in [2.05, 4.69) is 9.17 Å². The summed E-state index contributed by atoms with van der Waals surface area (Å²) >= 11 is 0. The number of pyridine rings is 1. The van der Waals surface area contributed by atoms with Gasteiger partial charge in [-0.2, -0.15) is 21.6 Å². The zero-order valence-electron chi connectivity index (χ0n) is 18.1. The molecule has 0 aliphatic carbocycles. The molecule has 0 radical (unpaired) electrons. The number of alkyl halides is 3. The number of hydrogen-bond donors (Lipinski definition) is 0. The van der Waals surface area contributed by atoms with Crippen LogP contribution < -0.4 is 14.9 Å². The molecule has 0 bridgehead atoms. The third-order valence-electron chi connectivity index (χ3n) is 4.56. The zero-order chi connectivity index (χ0) is 24.8. The fourth-order valence-electron chi connectivity index (χ4n) is 2.88. The molecular weight excluding hydrogens is 479 g/mol. The smallest absolute Gasteiger partial charge is 0.416 e. The van der Waals surface area contributed by atoms with Crippen LogP contribution in [0.3, 0.4) is 0 Å². The van der Waals surface area contributed by atoms with Gasteiger partial charge in [0.25, 0.3) is 10.1 Å². The normalized spacial score (nSPS) is 12.1. The highest BCUT2D eigenvalue weighted by Gasteiger charge is 2.30. The first-order chi connectivity index (χ1) is 16.0. The van der Waals surface area contributed by atoms with Crippen LogP contribution in [0.2, 0.25) is 0 Å². The molecule has 3 rings (SSSR count). The van der Waals surface area contributed by atoms with E-state index in [4.69, 9.17) is 13.9 Å². The van der Waals surface area contributed by atoms with Gasteiger partial charge in [-0.15, -0.1) is 0 Å². The minimum absolute atomic E-state index is 0.00190. The summed E-state index contributed by atoms with van der Waals surface area (Å²) < 4.78 is 81.1. The van der Waals surface area contributed by atoms with Gasteiger partial charge in [-0.05, 0) is 37.5 Å². The minimum atomic E-state index is -4.44. The van der Waals surface area contributed by atoms with Crippen molar-refractivity contribution in [2.24, 2.45) is 0 Å². The fourth-order valence-corrected chi connectivity index (χ4v) is 3.21. The lowest BCUT2D eigenvalue weighted by molar-refractivity contribution is -0.137. The van der Waals surface area contributed by atoms with Crippen LogP contribution in [-0.2, 0) is 27.1 Å². The number of rotatable bonds is 11. The van der Waals surface area contributed by atoms with Crippen LogP contribution in [0.15, 0.2) is 51.9 Å². The lowest BCUT2D eigenvalue weighted by atomic mass is 10.1. The predicted octanol–water partition coefficient (Wildman–Crippen LogP) is 4.31. The number of halogens is 3. The van der Waals surface area contributed by atoms with E-state index in [9.17, 15) is 26.4 Å². The quantitative estimate of drug-likeness (QED) is 0.283. The van der Waals surface area contributed by atoms with Gasteiger partial charge in [-0.3, -0.25) is 8.98 Å². The Bertz CT molecular complexity index is 1290. The van der Waals surface area contributed by atoms with Gasteiger partial charge in [-0.25, -0.2) is 4.98 Å². The van der Waals surface area contributed by atoms with Crippen molar-refractivity contribution in [3.05, 3.63) is 64.2 Å². The van der Waals surface area contributed by atoms with Crippen molar-refractivity contribution in [1.82, 2.24) is 4.98 Å². The monoisotopic (exact) mass is 501 g/mol. The average molecular weight is 501 g/mol. The van der Waals surface area contributed by atoms with Gasteiger partial charge < -0.3 is 13.9 Å². The first-order valence-corrected chi connectivity index (χ1v) is 12.0. The molecule has 8 nitrogen and oxygen atoms in total. The Hall–Kier alpha value is -3.12. The molecule has 0 aliphatic rings. The maximum Gasteiger partial charge on any atom is 0.416 e. The Labute approximate surface area is 193 Å². The van der Waals surface area contributed by atoms with Crippen molar-refractivity contribution in [1.29, 1.82) is 0 Å². The molecular formula is C22H22F3NO7S. The Morgan fingerprint density at radius 1 is 1.00 bits per heavy atom. The lowest BCUT2D eigenvalue weighted by Gasteiger charge is -2.09. The molecule has 0 spiro atoms. The van der Waals surface area contributed by atoms with E-state index < -0.39 is 27.3 Å². The van der Waals surface area contributed by atoms with Crippen LogP contribution in [0.5, 0.6) is 11.6 Å². The van der Waals surface area contributed by atoms with Crippen molar-refractivity contribution in [3.8, 4) is 11.6 Å². The molecule has 0 N–H and O–H groups in total. The van der Waals surface area contributed by atoms with Crippen molar-refractivity contribution < 1.29 is 39.7 Å². The summed E-state index contributed by atoms with van der Waals surface area (Å²) in [5.74, 6) is 0.287. The molecule has 12 heteroatoms. The molecule has 0 aliphatic heterocycles. The molecule has 184 valence electrons. The maximum absolute atomic E-state index is 12.9. The van der Waals surface area contributed by atoms with E-state index >= 15 is 0 Å². The van der Waals surface area contributed by atoms with E-state index in [-0.39, 0.29) is 36.1 Å². The third kappa shape index (κ3) is 7.73. The summed E-state index contributed by atoms with van der Waals surface area (Å²) in [6.07, 6.45) is -0.493. The van der Waals surface area contributed by atoms with Gasteiger partial charge in [0.1, 0.15) is 18.6 Å². The van der Waals surface area contributed by atoms with E-state index in [0.29, 0.717) is 31.3 Å². The number of hydrogen-bond acceptors (Lipinski definition) is 8. The molecule has 0 amide bonds. The van der Waals surface area contributed by atoms with Gasteiger partial charge in [0, 0.05) is 17.5 Å². The highest BCUT2D eigenvalue weighted by atomic mass is 32.2. The van der Waals surface area contributed by atoms with Crippen LogP contribution >= 0.6 is 0 Å². The highest BCUT2D eigenvalue weighted by Crippen LogP contribution is 2.31. The topological polar surface area (TPSA) is 105 Å². The fraction of sp³-hybridized carbons (Fsp3) is 0.364. The zero-order valence-corrected chi connectivity index (χ0v) is 18.9. The average Bonchev–Trinajstić information content (AvgIpc) is 2.76. The molecule has 0 saturated carbocycles. The van der Waals surface area contributed by atoms with E-state index in [1.807, 2.05) is 0 Å². The molecule has 0 fully saturated rings. The number of aromatic nitrogens is 1. The summed E-state index contributed by atoms with van der Waals surface area (Å²) in [7, 11) is -3.65. The molecule has 1 aromatic carbocycles. The van der Waals surface area contributed by atoms with Crippen molar-refractivity contribution in [2.75, 3.05) is 19.5 Å². The molecule has 2 aromatic heterocycles. The van der Waals surface area contributed by atoms with Crippen LogP contribution in [0.25, 0.3) is 10.9 Å². The van der Waals surface area contributed by atoms with Crippen molar-refractivity contribution in [2.45, 2.75) is 32.0 Å². The predicted molar refractivity (Wildman–Crippen MR) is 116 cm³/mol. The molecule has 0 unspecified atom stereocenters. The Balaban J connectivity index is 1.39.